The van der Waals surface area contributed by atoms with Crippen molar-refractivity contribution >= 4 is 70.8 Å². The van der Waals surface area contributed by atoms with Crippen LogP contribution in [0.3, 0.4) is 0 Å². The van der Waals surface area contributed by atoms with Gasteiger partial charge in [0.1, 0.15) is 52.9 Å². The van der Waals surface area contributed by atoms with Gasteiger partial charge in [0, 0.05) is 51.9 Å². The lowest BCUT2D eigenvalue weighted by Crippen LogP contribution is -2.66. The Morgan fingerprint density at radius 3 is 1.69 bits per heavy atom. The standard InChI is InChI=1S/C64H113N11O13/c1-22-40(9)27-28-51(79)75-35-42(11)34-49(75)57(83)68-48(33-41(10)25-24-26-45(77)23-2)55(81)70-52(53(39(7)8)88-44(13)76)58(84)72-63(16,17)60(86)69-46(31-37(3)4)54(80)67-47(32-38(5)6)56(82)71-64(18,19)61(87)73-62(14,15)59(85)65-30-29-50(78)66-43(12)36-74(20)21/h24,26,37-43,46-49,52-53H,22-23,25,27-36H2,1-21H3,(H,65,85)(H,66,78)(H,67,80)(H,68,83)(H,69,86)(H,70,81)(H,71,82)(H,72,84)(H,73,87)/b26-24+/t40-,41+,42-,43-,46-,47-,48-,49-,52-,53+/m0/s1. The van der Waals surface area contributed by atoms with Gasteiger partial charge >= 0.3 is 5.97 Å². The molecule has 0 unspecified atom stereocenters. The van der Waals surface area contributed by atoms with Gasteiger partial charge in [-0.15, -0.1) is 0 Å². The molecule has 1 aliphatic rings. The van der Waals surface area contributed by atoms with Crippen molar-refractivity contribution < 1.29 is 62.3 Å². The zero-order valence-electron chi connectivity index (χ0n) is 57.1. The quantitative estimate of drug-likeness (QED) is 0.0313. The third-order valence-corrected chi connectivity index (χ3v) is 15.4. The minimum Gasteiger partial charge on any atom is -0.460 e. The van der Waals surface area contributed by atoms with Gasteiger partial charge in [0.2, 0.25) is 59.1 Å². The average Bonchev–Trinajstić information content (AvgIpc) is 3.83. The normalized spacial score (nSPS) is 17.4. The number of carbonyl (C=O) groups is 12. The van der Waals surface area contributed by atoms with Crippen molar-refractivity contribution in [1.29, 1.82) is 0 Å². The second-order valence-electron chi connectivity index (χ2n) is 27.5. The smallest absolute Gasteiger partial charge is 0.303 e. The monoisotopic (exact) mass is 1240 g/mol. The van der Waals surface area contributed by atoms with Crippen LogP contribution in [0, 0.1) is 35.5 Å². The number of hydrogen-bond acceptors (Lipinski definition) is 14. The lowest BCUT2D eigenvalue weighted by atomic mass is 9.94. The van der Waals surface area contributed by atoms with Crippen LogP contribution in [0.1, 0.15) is 196 Å². The van der Waals surface area contributed by atoms with Crippen molar-refractivity contribution in [3.8, 4) is 0 Å². The van der Waals surface area contributed by atoms with Gasteiger partial charge in [-0.1, -0.05) is 88.7 Å². The Hall–Kier alpha value is -6.46. The Labute approximate surface area is 525 Å². The molecule has 24 heteroatoms. The summed E-state index contributed by atoms with van der Waals surface area (Å²) in [5.74, 6) is -8.17. The number of allylic oxidation sites excluding steroid dienone is 2. The number of ketones is 1. The van der Waals surface area contributed by atoms with E-state index in [2.05, 4.69) is 54.8 Å². The number of likely N-dealkylation sites (tertiary alicyclic amines) is 1. The van der Waals surface area contributed by atoms with Crippen LogP contribution in [0.4, 0.5) is 0 Å². The molecule has 10 atom stereocenters. The number of hydrogen-bond donors (Lipinski definition) is 9. The third-order valence-electron chi connectivity index (χ3n) is 15.4. The highest BCUT2D eigenvalue weighted by Gasteiger charge is 2.44. The molecule has 502 valence electrons. The second-order valence-corrected chi connectivity index (χ2v) is 27.5. The molecular weight excluding hydrogens is 1130 g/mol. The van der Waals surface area contributed by atoms with Crippen molar-refractivity contribution in [3.05, 3.63) is 12.2 Å². The number of rotatable bonds is 38. The van der Waals surface area contributed by atoms with Gasteiger partial charge in [-0.25, -0.2) is 0 Å². The summed E-state index contributed by atoms with van der Waals surface area (Å²) in [5, 5.41) is 24.7. The van der Waals surface area contributed by atoms with Crippen LogP contribution >= 0.6 is 0 Å². The number of nitrogens with zero attached hydrogens (tertiary/aromatic N) is 2. The maximum absolute atomic E-state index is 14.8. The molecule has 1 aliphatic heterocycles. The number of esters is 1. The lowest BCUT2D eigenvalue weighted by Gasteiger charge is -2.35. The summed E-state index contributed by atoms with van der Waals surface area (Å²) in [6, 6.07) is -6.43. The molecule has 1 rings (SSSR count). The first-order valence-electron chi connectivity index (χ1n) is 31.6. The number of carbonyl (C=O) groups excluding carboxylic acids is 12. The van der Waals surface area contributed by atoms with Crippen LogP contribution in [0.25, 0.3) is 0 Å². The summed E-state index contributed by atoms with van der Waals surface area (Å²) in [6.07, 6.45) is 4.86. The Kier molecular flexibility index (Phi) is 33.3. The molecule has 1 fully saturated rings. The Morgan fingerprint density at radius 1 is 0.625 bits per heavy atom. The topological polar surface area (TPSA) is 329 Å². The van der Waals surface area contributed by atoms with Crippen molar-refractivity contribution in [2.24, 2.45) is 35.5 Å². The lowest BCUT2D eigenvalue weighted by molar-refractivity contribution is -0.154. The van der Waals surface area contributed by atoms with E-state index in [1.165, 1.54) is 47.6 Å². The van der Waals surface area contributed by atoms with E-state index < -0.39 is 112 Å². The van der Waals surface area contributed by atoms with Crippen LogP contribution in [0.2, 0.25) is 0 Å². The highest BCUT2D eigenvalue weighted by Crippen LogP contribution is 2.26. The molecule has 0 aromatic rings. The molecule has 0 bridgehead atoms. The first-order valence-corrected chi connectivity index (χ1v) is 31.6. The Balaban J connectivity index is 3.54. The molecular formula is C64H113N11O13. The summed E-state index contributed by atoms with van der Waals surface area (Å²) in [4.78, 5) is 168. The van der Waals surface area contributed by atoms with Crippen LogP contribution in [0.5, 0.6) is 0 Å². The van der Waals surface area contributed by atoms with E-state index in [1.807, 2.05) is 74.4 Å². The minimum absolute atomic E-state index is 0.00655. The molecule has 0 aromatic heterocycles. The van der Waals surface area contributed by atoms with Crippen LogP contribution < -0.4 is 47.9 Å². The van der Waals surface area contributed by atoms with Crippen molar-refractivity contribution in [3.63, 3.8) is 0 Å². The van der Waals surface area contributed by atoms with Crippen LogP contribution in [0.15, 0.2) is 12.2 Å². The molecule has 9 N–H and O–H groups in total. The molecule has 0 aromatic carbocycles. The van der Waals surface area contributed by atoms with Gasteiger partial charge in [-0.3, -0.25) is 57.5 Å². The maximum atomic E-state index is 14.8. The SMILES string of the molecule is CCC(=O)/C=C/C[C@@H](C)C[C@H](NC(=O)[C@@H]1C[C@H](C)CN1C(=O)CC[C@@H](C)CC)C(=O)N[C@H](C(=O)NC(C)(C)C(=O)N[C@@H](CC(C)C)C(=O)N[C@@H](CC(C)C)C(=O)NC(C)(C)C(=O)NC(C)(C)C(=O)NCCC(=O)N[C@@H](C)CN(C)C)[C@H](OC(C)=O)C(C)C. The fourth-order valence-electron chi connectivity index (χ4n) is 10.0. The van der Waals surface area contributed by atoms with Gasteiger partial charge in [-0.05, 0) is 143 Å². The van der Waals surface area contributed by atoms with Gasteiger partial charge in [0.05, 0.1) is 0 Å². The second kappa shape index (κ2) is 36.9. The first-order chi connectivity index (χ1) is 40.6. The molecule has 0 aliphatic carbocycles. The van der Waals surface area contributed by atoms with E-state index in [4.69, 9.17) is 4.74 Å². The summed E-state index contributed by atoms with van der Waals surface area (Å²) in [5.41, 5.74) is -4.94. The van der Waals surface area contributed by atoms with E-state index in [0.717, 1.165) is 13.3 Å². The van der Waals surface area contributed by atoms with E-state index in [9.17, 15) is 57.5 Å². The average molecular weight is 1240 g/mol. The summed E-state index contributed by atoms with van der Waals surface area (Å²) in [6.45, 7) is 32.8. The zero-order valence-corrected chi connectivity index (χ0v) is 57.1. The highest BCUT2D eigenvalue weighted by molar-refractivity contribution is 6.00. The highest BCUT2D eigenvalue weighted by atomic mass is 16.5. The summed E-state index contributed by atoms with van der Waals surface area (Å²) < 4.78 is 5.69. The Bertz CT molecular complexity index is 2420. The van der Waals surface area contributed by atoms with Crippen molar-refractivity contribution in [2.75, 3.05) is 33.7 Å². The molecule has 88 heavy (non-hydrogen) atoms. The van der Waals surface area contributed by atoms with E-state index in [0.29, 0.717) is 44.7 Å². The largest absolute Gasteiger partial charge is 0.460 e. The fraction of sp³-hybridized carbons (Fsp3) is 0.781. The molecule has 0 spiro atoms. The number of ether oxygens (including phenoxy) is 1. The molecule has 0 radical (unpaired) electrons. The van der Waals surface area contributed by atoms with E-state index in [1.54, 1.807) is 31.7 Å². The van der Waals surface area contributed by atoms with Crippen molar-refractivity contribution in [1.82, 2.24) is 57.7 Å². The van der Waals surface area contributed by atoms with Crippen LogP contribution in [-0.4, -0.2) is 173 Å². The molecule has 1 heterocycles. The molecule has 1 saturated heterocycles. The van der Waals surface area contributed by atoms with E-state index >= 15 is 0 Å². The minimum atomic E-state index is -1.84. The predicted molar refractivity (Wildman–Crippen MR) is 338 cm³/mol. The fourth-order valence-corrected chi connectivity index (χ4v) is 10.0. The van der Waals surface area contributed by atoms with Gasteiger partial charge < -0.3 is 62.4 Å². The number of likely N-dealkylation sites (N-methyl/N-ethyl adjacent to an activating group) is 1. The van der Waals surface area contributed by atoms with Crippen molar-refractivity contribution in [2.45, 2.75) is 255 Å². The van der Waals surface area contributed by atoms with E-state index in [-0.39, 0.29) is 86.0 Å². The number of amides is 10. The molecule has 10 amide bonds. The van der Waals surface area contributed by atoms with Crippen LogP contribution in [-0.2, 0) is 62.3 Å². The molecule has 0 saturated carbocycles. The van der Waals surface area contributed by atoms with Gasteiger partial charge in [-0.2, -0.15) is 0 Å². The van der Waals surface area contributed by atoms with Gasteiger partial charge in [0.15, 0.2) is 5.78 Å². The zero-order chi connectivity index (χ0) is 67.8. The Morgan fingerprint density at radius 2 is 1.16 bits per heavy atom. The van der Waals surface area contributed by atoms with Gasteiger partial charge in [0.25, 0.3) is 0 Å². The summed E-state index contributed by atoms with van der Waals surface area (Å²) in [7, 11) is 3.77. The predicted octanol–water partition coefficient (Wildman–Crippen LogP) is 3.88. The first kappa shape index (κ1) is 79.6. The molecule has 24 nitrogen and oxygen atoms in total. The number of nitrogens with one attached hydrogen (secondary N) is 9. The summed E-state index contributed by atoms with van der Waals surface area (Å²) >= 11 is 0. The third kappa shape index (κ3) is 28.4. The maximum Gasteiger partial charge on any atom is 0.303 e.